The fraction of sp³-hybridized carbons (Fsp3) is 0.188. The van der Waals surface area contributed by atoms with Gasteiger partial charge in [-0.2, -0.15) is 0 Å². The average Bonchev–Trinajstić information content (AvgIpc) is 1.56. The van der Waals surface area contributed by atoms with Crippen LogP contribution in [0.25, 0.3) is 134 Å². The van der Waals surface area contributed by atoms with Crippen molar-refractivity contribution in [1.82, 2.24) is 24.1 Å². The molecule has 14 aromatic rings. The van der Waals surface area contributed by atoms with Gasteiger partial charge in [0.2, 0.25) is 0 Å². The number of para-hydroxylation sites is 2. The van der Waals surface area contributed by atoms with Crippen LogP contribution in [0.2, 0.25) is 0 Å². The van der Waals surface area contributed by atoms with E-state index < -0.39 is 0 Å². The van der Waals surface area contributed by atoms with E-state index in [4.69, 9.17) is 15.0 Å². The number of aromatic nitrogens is 5. The predicted molar refractivity (Wildman–Crippen MR) is 386 cm³/mol. The number of benzene rings is 11. The van der Waals surface area contributed by atoms with Crippen molar-refractivity contribution in [2.75, 3.05) is 0 Å². The Labute approximate surface area is 535 Å². The van der Waals surface area contributed by atoms with E-state index in [2.05, 4.69) is 323 Å². The molecule has 11 aromatic carbocycles. The number of rotatable bonds is 7. The number of hydrogen-bond donors (Lipinski definition) is 0. The molecular weight excluding hydrogens is 1100 g/mol. The number of nitrogens with zero attached hydrogens (tertiary/aromatic N) is 5. The van der Waals surface area contributed by atoms with Gasteiger partial charge in [-0.3, -0.25) is 0 Å². The summed E-state index contributed by atoms with van der Waals surface area (Å²) in [5.41, 5.74) is 27.5. The summed E-state index contributed by atoms with van der Waals surface area (Å²) in [6, 6.07) is 86.6. The van der Waals surface area contributed by atoms with Gasteiger partial charge in [-0.1, -0.05) is 253 Å². The molecule has 2 aliphatic rings. The molecule has 16 rings (SSSR count). The summed E-state index contributed by atoms with van der Waals surface area (Å²) in [6.45, 7) is 27.5. The standard InChI is InChI=1S/C85H74BN5/c1-82(2,3)60-39-57(40-61(49-60)83(4,5)6)79-87-80(58-41-62(84(7,8)9)50-63(42-58)85(10,11)12)89-81(88-79)59-47-72-76-73(48-59)91-71-46-56(52-29-19-14-20-30-52)44-67(54-33-23-16-24-34-54)75(71)65-36-26-38-69(78(65)91)86(76)68-37-25-35-64-74-66(53-31-21-15-22-32-53)43-55(51-27-17-13-18-28-51)45-70(74)90(72)77(64)68/h13-50H,1-12H3. The summed E-state index contributed by atoms with van der Waals surface area (Å²) >= 11 is 0. The van der Waals surface area contributed by atoms with E-state index in [1.54, 1.807) is 0 Å². The van der Waals surface area contributed by atoms with Gasteiger partial charge in [0.15, 0.2) is 17.5 Å². The summed E-state index contributed by atoms with van der Waals surface area (Å²) in [7, 11) is 0. The van der Waals surface area contributed by atoms with E-state index in [1.165, 1.54) is 105 Å². The molecule has 442 valence electrons. The summed E-state index contributed by atoms with van der Waals surface area (Å²) in [4.78, 5) is 17.3. The van der Waals surface area contributed by atoms with E-state index in [0.29, 0.717) is 17.5 Å². The smallest absolute Gasteiger partial charge is 0.252 e. The summed E-state index contributed by atoms with van der Waals surface area (Å²) in [5.74, 6) is 1.92. The lowest BCUT2D eigenvalue weighted by molar-refractivity contribution is 0.568. The Morgan fingerprint density at radius 2 is 0.604 bits per heavy atom. The molecular formula is C85H74BN5. The summed E-state index contributed by atoms with van der Waals surface area (Å²) in [5, 5.41) is 4.92. The third-order valence-electron chi connectivity index (χ3n) is 19.5. The minimum atomic E-state index is -0.140. The molecule has 0 fully saturated rings. The van der Waals surface area contributed by atoms with Crippen LogP contribution < -0.4 is 16.4 Å². The second-order valence-electron chi connectivity index (χ2n) is 29.7. The van der Waals surface area contributed by atoms with Crippen molar-refractivity contribution >= 4 is 66.7 Å². The Kier molecular flexibility index (Phi) is 12.6. The Balaban J connectivity index is 1.08. The molecule has 5 nitrogen and oxygen atoms in total. The molecule has 5 heterocycles. The third-order valence-corrected chi connectivity index (χ3v) is 19.5. The topological polar surface area (TPSA) is 48.5 Å². The molecule has 0 spiro atoms. The van der Waals surface area contributed by atoms with E-state index in [0.717, 1.165) is 50.2 Å². The number of hydrogen-bond acceptors (Lipinski definition) is 3. The SMILES string of the molecule is CC(C)(C)c1cc(-c2nc(-c3cc(C(C)(C)C)cc(C(C)(C)C)c3)nc(-c3cc4c5c(c3)-n3c6cc(-c7ccccc7)cc(-c7ccccc7)c6c6cccc(c63)B5c3cccc5c6c(-c7ccccc7)cc(-c7ccccc7)cc6n-4c35)n2)cc(C(C)(C)C)c1. The van der Waals surface area contributed by atoms with Gasteiger partial charge in [0.25, 0.3) is 6.71 Å². The lowest BCUT2D eigenvalue weighted by Gasteiger charge is -2.34. The van der Waals surface area contributed by atoms with Crippen LogP contribution in [0.3, 0.4) is 0 Å². The van der Waals surface area contributed by atoms with Crippen molar-refractivity contribution in [2.45, 2.75) is 105 Å². The Morgan fingerprint density at radius 1 is 0.286 bits per heavy atom. The van der Waals surface area contributed by atoms with Crippen LogP contribution in [0.15, 0.2) is 231 Å². The maximum Gasteiger partial charge on any atom is 0.252 e. The van der Waals surface area contributed by atoms with E-state index >= 15 is 0 Å². The molecule has 0 amide bonds. The van der Waals surface area contributed by atoms with Gasteiger partial charge in [0.05, 0.1) is 11.0 Å². The van der Waals surface area contributed by atoms with Crippen LogP contribution in [0.5, 0.6) is 0 Å². The normalized spacial score (nSPS) is 13.0. The molecule has 0 unspecified atom stereocenters. The zero-order valence-corrected chi connectivity index (χ0v) is 54.3. The van der Waals surface area contributed by atoms with Crippen molar-refractivity contribution in [2.24, 2.45) is 0 Å². The van der Waals surface area contributed by atoms with Crippen molar-refractivity contribution < 1.29 is 0 Å². The van der Waals surface area contributed by atoms with E-state index in [9.17, 15) is 0 Å². The number of fused-ring (bicyclic) bond motifs is 10. The highest BCUT2D eigenvalue weighted by Crippen LogP contribution is 2.48. The van der Waals surface area contributed by atoms with Gasteiger partial charge in [-0.15, -0.1) is 0 Å². The van der Waals surface area contributed by atoms with Gasteiger partial charge >= 0.3 is 0 Å². The maximum atomic E-state index is 5.81. The second-order valence-corrected chi connectivity index (χ2v) is 29.7. The Hall–Kier alpha value is -9.91. The zero-order chi connectivity index (χ0) is 62.6. The molecule has 0 aliphatic carbocycles. The van der Waals surface area contributed by atoms with E-state index in [-0.39, 0.29) is 28.4 Å². The molecule has 0 atom stereocenters. The Bertz CT molecular complexity index is 4910. The fourth-order valence-electron chi connectivity index (χ4n) is 14.6. The summed E-state index contributed by atoms with van der Waals surface area (Å²) < 4.78 is 5.24. The van der Waals surface area contributed by atoms with Crippen molar-refractivity contribution in [3.05, 3.63) is 253 Å². The second kappa shape index (κ2) is 20.3. The fourth-order valence-corrected chi connectivity index (χ4v) is 14.6. The molecule has 91 heavy (non-hydrogen) atoms. The van der Waals surface area contributed by atoms with Crippen molar-refractivity contribution in [3.8, 4) is 90.0 Å². The molecule has 0 N–H and O–H groups in total. The highest BCUT2D eigenvalue weighted by atomic mass is 15.1. The van der Waals surface area contributed by atoms with Crippen LogP contribution >= 0.6 is 0 Å². The van der Waals surface area contributed by atoms with Crippen molar-refractivity contribution in [1.29, 1.82) is 0 Å². The molecule has 6 heteroatoms. The molecule has 2 aliphatic heterocycles. The first kappa shape index (κ1) is 56.3. The van der Waals surface area contributed by atoms with Crippen LogP contribution in [-0.2, 0) is 21.7 Å². The molecule has 0 bridgehead atoms. The van der Waals surface area contributed by atoms with Gasteiger partial charge in [-0.05, 0) is 165 Å². The highest BCUT2D eigenvalue weighted by molar-refractivity contribution is 7.00. The molecule has 0 saturated heterocycles. The molecule has 3 aromatic heterocycles. The quantitative estimate of drug-likeness (QED) is 0.149. The Morgan fingerprint density at radius 3 is 0.934 bits per heavy atom. The summed E-state index contributed by atoms with van der Waals surface area (Å²) in [6.07, 6.45) is 0. The van der Waals surface area contributed by atoms with E-state index in [1.807, 2.05) is 0 Å². The maximum absolute atomic E-state index is 5.81. The first-order valence-corrected chi connectivity index (χ1v) is 32.4. The van der Waals surface area contributed by atoms with Gasteiger partial charge in [0.1, 0.15) is 0 Å². The van der Waals surface area contributed by atoms with Crippen LogP contribution in [-0.4, -0.2) is 30.8 Å². The lowest BCUT2D eigenvalue weighted by atomic mass is 9.34. The third kappa shape index (κ3) is 9.23. The molecule has 0 saturated carbocycles. The van der Waals surface area contributed by atoms with Gasteiger partial charge in [-0.25, -0.2) is 15.0 Å². The minimum Gasteiger partial charge on any atom is -0.310 e. The lowest BCUT2D eigenvalue weighted by Crippen LogP contribution is -2.59. The predicted octanol–water partition coefficient (Wildman–Crippen LogP) is 20.1. The average molecular weight is 1180 g/mol. The molecule has 0 radical (unpaired) electrons. The van der Waals surface area contributed by atoms with Crippen LogP contribution in [0.1, 0.15) is 105 Å². The first-order chi connectivity index (χ1) is 43.6. The van der Waals surface area contributed by atoms with Gasteiger partial charge in [0, 0.05) is 60.6 Å². The van der Waals surface area contributed by atoms with Crippen LogP contribution in [0.4, 0.5) is 0 Å². The first-order valence-electron chi connectivity index (χ1n) is 32.4. The minimum absolute atomic E-state index is 0.112. The largest absolute Gasteiger partial charge is 0.310 e. The van der Waals surface area contributed by atoms with Crippen molar-refractivity contribution in [3.63, 3.8) is 0 Å². The monoisotopic (exact) mass is 1180 g/mol. The van der Waals surface area contributed by atoms with Gasteiger partial charge < -0.3 is 9.13 Å². The zero-order valence-electron chi connectivity index (χ0n) is 54.3. The van der Waals surface area contributed by atoms with Crippen LogP contribution in [0, 0.1) is 0 Å². The highest BCUT2D eigenvalue weighted by Gasteiger charge is 2.42.